The highest BCUT2D eigenvalue weighted by atomic mass is 32.2. The van der Waals surface area contributed by atoms with Crippen LogP contribution in [0.1, 0.15) is 34.0 Å². The van der Waals surface area contributed by atoms with Gasteiger partial charge in [-0.1, -0.05) is 29.8 Å². The first-order chi connectivity index (χ1) is 13.0. The van der Waals surface area contributed by atoms with Crippen LogP contribution in [0.15, 0.2) is 36.4 Å². The molecule has 1 amide bonds. The van der Waals surface area contributed by atoms with Gasteiger partial charge in [-0.25, -0.2) is 13.2 Å². The van der Waals surface area contributed by atoms with Crippen LogP contribution in [-0.4, -0.2) is 32.7 Å². The van der Waals surface area contributed by atoms with E-state index in [1.807, 2.05) is 32.9 Å². The van der Waals surface area contributed by atoms with Crippen LogP contribution in [0.3, 0.4) is 0 Å². The van der Waals surface area contributed by atoms with Gasteiger partial charge in [0.15, 0.2) is 6.10 Å². The monoisotopic (exact) mass is 404 g/mol. The molecule has 2 N–H and O–H groups in total. The molecule has 1 atom stereocenters. The van der Waals surface area contributed by atoms with Gasteiger partial charge < -0.3 is 10.1 Å². The van der Waals surface area contributed by atoms with Crippen molar-refractivity contribution in [3.63, 3.8) is 0 Å². The topological polar surface area (TPSA) is 102 Å². The molecule has 28 heavy (non-hydrogen) atoms. The van der Waals surface area contributed by atoms with Crippen molar-refractivity contribution < 1.29 is 22.7 Å². The summed E-state index contributed by atoms with van der Waals surface area (Å²) in [7, 11) is -3.57. The van der Waals surface area contributed by atoms with Gasteiger partial charge in [0.05, 0.1) is 17.5 Å². The molecule has 0 saturated heterocycles. The summed E-state index contributed by atoms with van der Waals surface area (Å²) in [6, 6.07) is 9.94. The van der Waals surface area contributed by atoms with Crippen molar-refractivity contribution in [1.82, 2.24) is 0 Å². The van der Waals surface area contributed by atoms with Crippen molar-refractivity contribution in [3.05, 3.63) is 58.7 Å². The molecule has 0 spiro atoms. The van der Waals surface area contributed by atoms with Crippen molar-refractivity contribution in [1.29, 1.82) is 0 Å². The summed E-state index contributed by atoms with van der Waals surface area (Å²) in [5.41, 5.74) is 3.70. The van der Waals surface area contributed by atoms with Crippen molar-refractivity contribution in [2.75, 3.05) is 16.3 Å². The first-order valence-electron chi connectivity index (χ1n) is 8.64. The zero-order chi connectivity index (χ0) is 21.1. The first-order valence-corrected chi connectivity index (χ1v) is 10.5. The van der Waals surface area contributed by atoms with Crippen LogP contribution < -0.4 is 10.0 Å². The second kappa shape index (κ2) is 8.43. The van der Waals surface area contributed by atoms with E-state index in [1.54, 1.807) is 12.1 Å². The molecule has 0 saturated carbocycles. The number of sulfonamides is 1. The van der Waals surface area contributed by atoms with E-state index in [1.165, 1.54) is 19.1 Å². The van der Waals surface area contributed by atoms with E-state index in [0.717, 1.165) is 22.9 Å². The highest BCUT2D eigenvalue weighted by molar-refractivity contribution is 7.92. The lowest BCUT2D eigenvalue weighted by Crippen LogP contribution is -2.30. The number of hydrogen-bond acceptors (Lipinski definition) is 5. The average molecular weight is 404 g/mol. The van der Waals surface area contributed by atoms with Crippen molar-refractivity contribution >= 4 is 33.3 Å². The van der Waals surface area contributed by atoms with Crippen molar-refractivity contribution in [3.8, 4) is 0 Å². The van der Waals surface area contributed by atoms with E-state index in [-0.39, 0.29) is 11.3 Å². The molecule has 0 aliphatic heterocycles. The Morgan fingerprint density at radius 1 is 1.04 bits per heavy atom. The van der Waals surface area contributed by atoms with Gasteiger partial charge in [0.25, 0.3) is 5.91 Å². The Balaban J connectivity index is 2.14. The lowest BCUT2D eigenvalue weighted by atomic mass is 10.0. The zero-order valence-electron chi connectivity index (χ0n) is 16.5. The molecule has 0 unspecified atom stereocenters. The van der Waals surface area contributed by atoms with Crippen LogP contribution in [0.4, 0.5) is 11.4 Å². The molecule has 8 heteroatoms. The van der Waals surface area contributed by atoms with Crippen LogP contribution in [0.2, 0.25) is 0 Å². The number of rotatable bonds is 6. The number of hydrogen-bond donors (Lipinski definition) is 2. The number of benzene rings is 2. The predicted molar refractivity (Wildman–Crippen MR) is 109 cm³/mol. The largest absolute Gasteiger partial charge is 0.449 e. The lowest BCUT2D eigenvalue weighted by Gasteiger charge is -2.17. The van der Waals surface area contributed by atoms with Gasteiger partial charge in [-0.3, -0.25) is 9.52 Å². The Hall–Kier alpha value is -2.87. The predicted octanol–water partition coefficient (Wildman–Crippen LogP) is 3.17. The summed E-state index contributed by atoms with van der Waals surface area (Å²) in [4.78, 5) is 24.9. The molecule has 0 aliphatic rings. The van der Waals surface area contributed by atoms with Gasteiger partial charge in [0.2, 0.25) is 10.0 Å². The summed E-state index contributed by atoms with van der Waals surface area (Å²) in [6.45, 7) is 7.20. The van der Waals surface area contributed by atoms with Gasteiger partial charge in [0, 0.05) is 5.69 Å². The average Bonchev–Trinajstić information content (AvgIpc) is 2.56. The van der Waals surface area contributed by atoms with E-state index >= 15 is 0 Å². The maximum atomic E-state index is 12.5. The molecule has 0 aliphatic carbocycles. The Labute approximate surface area is 165 Å². The molecule has 7 nitrogen and oxygen atoms in total. The van der Waals surface area contributed by atoms with Crippen LogP contribution in [-0.2, 0) is 19.6 Å². The zero-order valence-corrected chi connectivity index (χ0v) is 17.3. The third-order valence-electron chi connectivity index (χ3n) is 4.02. The number of para-hydroxylation sites is 1. The second-order valence-corrected chi connectivity index (χ2v) is 8.48. The maximum absolute atomic E-state index is 12.5. The molecule has 0 heterocycles. The minimum atomic E-state index is -3.57. The fourth-order valence-electron chi connectivity index (χ4n) is 2.83. The number of aryl methyl sites for hydroxylation is 3. The Morgan fingerprint density at radius 2 is 1.61 bits per heavy atom. The third-order valence-corrected chi connectivity index (χ3v) is 4.61. The number of carbonyl (C=O) groups excluding carboxylic acids is 2. The SMILES string of the molecule is Cc1cc(C)c(NC(=O)[C@H](C)OC(=O)c2ccccc2NS(C)(=O)=O)c(C)c1. The van der Waals surface area contributed by atoms with E-state index in [0.29, 0.717) is 5.69 Å². The Morgan fingerprint density at radius 3 is 2.18 bits per heavy atom. The molecule has 0 bridgehead atoms. The fraction of sp³-hybridized carbons (Fsp3) is 0.300. The molecular weight excluding hydrogens is 380 g/mol. The lowest BCUT2D eigenvalue weighted by molar-refractivity contribution is -0.123. The van der Waals surface area contributed by atoms with Crippen LogP contribution >= 0.6 is 0 Å². The van der Waals surface area contributed by atoms with E-state index in [2.05, 4.69) is 10.0 Å². The third kappa shape index (κ3) is 5.56. The molecule has 0 fully saturated rings. The highest BCUT2D eigenvalue weighted by Gasteiger charge is 2.22. The molecule has 0 radical (unpaired) electrons. The Kier molecular flexibility index (Phi) is 6.45. The number of anilines is 2. The van der Waals surface area contributed by atoms with Crippen LogP contribution in [0.25, 0.3) is 0 Å². The molecule has 2 aromatic rings. The summed E-state index contributed by atoms with van der Waals surface area (Å²) in [5.74, 6) is -1.27. The maximum Gasteiger partial charge on any atom is 0.341 e. The van der Waals surface area contributed by atoms with Crippen LogP contribution in [0.5, 0.6) is 0 Å². The first kappa shape index (κ1) is 21.4. The molecule has 2 rings (SSSR count). The smallest absolute Gasteiger partial charge is 0.341 e. The van der Waals surface area contributed by atoms with Gasteiger partial charge in [-0.05, 0) is 51.0 Å². The van der Waals surface area contributed by atoms with Gasteiger partial charge in [-0.2, -0.15) is 0 Å². The van der Waals surface area contributed by atoms with E-state index in [4.69, 9.17) is 4.74 Å². The molecule has 0 aromatic heterocycles. The van der Waals surface area contributed by atoms with Gasteiger partial charge in [-0.15, -0.1) is 0 Å². The van der Waals surface area contributed by atoms with Gasteiger partial charge >= 0.3 is 5.97 Å². The number of ether oxygens (including phenoxy) is 1. The van der Waals surface area contributed by atoms with E-state index in [9.17, 15) is 18.0 Å². The van der Waals surface area contributed by atoms with Crippen molar-refractivity contribution in [2.24, 2.45) is 0 Å². The highest BCUT2D eigenvalue weighted by Crippen LogP contribution is 2.23. The van der Waals surface area contributed by atoms with Gasteiger partial charge in [0.1, 0.15) is 0 Å². The number of amides is 1. The molecule has 2 aromatic carbocycles. The Bertz CT molecular complexity index is 992. The summed E-state index contributed by atoms with van der Waals surface area (Å²) < 4.78 is 30.4. The normalized spacial score (nSPS) is 12.2. The van der Waals surface area contributed by atoms with Crippen LogP contribution in [0, 0.1) is 20.8 Å². The van der Waals surface area contributed by atoms with E-state index < -0.39 is 28.0 Å². The summed E-state index contributed by atoms with van der Waals surface area (Å²) in [6.07, 6.45) is -0.0869. The number of nitrogens with one attached hydrogen (secondary N) is 2. The minimum absolute atomic E-state index is 0.0234. The molecular formula is C20H24N2O5S. The van der Waals surface area contributed by atoms with Crippen molar-refractivity contribution in [2.45, 2.75) is 33.8 Å². The number of carbonyl (C=O) groups is 2. The summed E-state index contributed by atoms with van der Waals surface area (Å²) >= 11 is 0. The summed E-state index contributed by atoms with van der Waals surface area (Å²) in [5, 5.41) is 2.79. The minimum Gasteiger partial charge on any atom is -0.449 e. The standard InChI is InChI=1S/C20H24N2O5S/c1-12-10-13(2)18(14(3)11-12)21-19(23)15(4)27-20(24)16-8-6-7-9-17(16)22-28(5,25)26/h6-11,15,22H,1-5H3,(H,21,23)/t15-/m0/s1. The fourth-order valence-corrected chi connectivity index (χ4v) is 3.41. The number of esters is 1. The molecule has 150 valence electrons. The quantitative estimate of drug-likeness (QED) is 0.720. The second-order valence-electron chi connectivity index (χ2n) is 6.73.